The Labute approximate surface area is 157 Å². The number of amides is 1. The molecule has 0 aromatic heterocycles. The number of carbonyl (C=O) groups is 1. The Morgan fingerprint density at radius 2 is 1.88 bits per heavy atom. The third-order valence-electron chi connectivity index (χ3n) is 3.59. The minimum Gasteiger partial charge on any atom is -0.348 e. The molecule has 0 fully saturated rings. The molecule has 0 spiro atoms. The number of sulfonamides is 1. The van der Waals surface area contributed by atoms with E-state index in [0.717, 1.165) is 9.20 Å². The van der Waals surface area contributed by atoms with Gasteiger partial charge in [-0.2, -0.15) is 0 Å². The zero-order valence-corrected chi connectivity index (χ0v) is 16.5. The SMILES string of the molecule is CSc1ccc(Cl)c(C(=O)NCc2ccccc2S(=O)(=O)N(C)C)c1. The highest BCUT2D eigenvalue weighted by atomic mass is 35.5. The summed E-state index contributed by atoms with van der Waals surface area (Å²) in [6, 6.07) is 11.8. The topological polar surface area (TPSA) is 66.5 Å². The van der Waals surface area contributed by atoms with Crippen molar-refractivity contribution in [3.05, 3.63) is 58.6 Å². The average Bonchev–Trinajstić information content (AvgIpc) is 2.60. The summed E-state index contributed by atoms with van der Waals surface area (Å²) in [6.45, 7) is 0.0852. The number of hydrogen-bond donors (Lipinski definition) is 1. The summed E-state index contributed by atoms with van der Waals surface area (Å²) in [6.07, 6.45) is 1.91. The van der Waals surface area contributed by atoms with E-state index in [0.29, 0.717) is 16.1 Å². The lowest BCUT2D eigenvalue weighted by Gasteiger charge is -2.15. The Morgan fingerprint density at radius 1 is 1.20 bits per heavy atom. The van der Waals surface area contributed by atoms with Crippen molar-refractivity contribution >= 4 is 39.3 Å². The number of carbonyl (C=O) groups excluding carboxylic acids is 1. The van der Waals surface area contributed by atoms with Gasteiger partial charge in [-0.05, 0) is 36.1 Å². The Morgan fingerprint density at radius 3 is 2.52 bits per heavy atom. The first-order valence-corrected chi connectivity index (χ1v) is 10.4. The van der Waals surface area contributed by atoms with Crippen molar-refractivity contribution in [2.75, 3.05) is 20.4 Å². The van der Waals surface area contributed by atoms with Crippen LogP contribution in [-0.2, 0) is 16.6 Å². The smallest absolute Gasteiger partial charge is 0.253 e. The van der Waals surface area contributed by atoms with Gasteiger partial charge in [-0.3, -0.25) is 4.79 Å². The Kier molecular flexibility index (Phi) is 6.51. The van der Waals surface area contributed by atoms with Crippen molar-refractivity contribution < 1.29 is 13.2 Å². The summed E-state index contributed by atoms with van der Waals surface area (Å²) in [5, 5.41) is 3.09. The highest BCUT2D eigenvalue weighted by Crippen LogP contribution is 2.23. The quantitative estimate of drug-likeness (QED) is 0.758. The van der Waals surface area contributed by atoms with Crippen LogP contribution in [0.15, 0.2) is 52.3 Å². The lowest BCUT2D eigenvalue weighted by atomic mass is 10.2. The second-order valence-electron chi connectivity index (χ2n) is 5.42. The number of benzene rings is 2. The molecular formula is C17H19ClN2O3S2. The van der Waals surface area contributed by atoms with Crippen molar-refractivity contribution in [3.63, 3.8) is 0 Å². The third kappa shape index (κ3) is 4.55. The predicted molar refractivity (Wildman–Crippen MR) is 102 cm³/mol. The van der Waals surface area contributed by atoms with E-state index in [4.69, 9.17) is 11.6 Å². The summed E-state index contributed by atoms with van der Waals surface area (Å²) < 4.78 is 25.9. The standard InChI is InChI=1S/C17H19ClN2O3S2/c1-20(2)25(22,23)16-7-5-4-6-12(16)11-19-17(21)14-10-13(24-3)8-9-15(14)18/h4-10H,11H2,1-3H3,(H,19,21). The number of hydrogen-bond acceptors (Lipinski definition) is 4. The van der Waals surface area contributed by atoms with E-state index in [1.807, 2.05) is 12.3 Å². The summed E-state index contributed by atoms with van der Waals surface area (Å²) >= 11 is 7.61. The Hall–Kier alpha value is -1.54. The molecule has 0 aliphatic carbocycles. The fourth-order valence-corrected chi connectivity index (χ4v) is 3.93. The fraction of sp³-hybridized carbons (Fsp3) is 0.235. The molecule has 0 radical (unpaired) electrons. The lowest BCUT2D eigenvalue weighted by molar-refractivity contribution is 0.0950. The molecule has 2 rings (SSSR count). The highest BCUT2D eigenvalue weighted by Gasteiger charge is 2.21. The zero-order valence-electron chi connectivity index (χ0n) is 14.1. The van der Waals surface area contributed by atoms with Crippen LogP contribution in [0.25, 0.3) is 0 Å². The largest absolute Gasteiger partial charge is 0.348 e. The van der Waals surface area contributed by atoms with Crippen LogP contribution < -0.4 is 5.32 Å². The van der Waals surface area contributed by atoms with Gasteiger partial charge in [0.2, 0.25) is 10.0 Å². The first-order valence-electron chi connectivity index (χ1n) is 7.39. The van der Waals surface area contributed by atoms with Crippen LogP contribution in [-0.4, -0.2) is 39.0 Å². The van der Waals surface area contributed by atoms with Crippen LogP contribution in [0.1, 0.15) is 15.9 Å². The van der Waals surface area contributed by atoms with Crippen molar-refractivity contribution in [2.45, 2.75) is 16.3 Å². The van der Waals surface area contributed by atoms with E-state index in [1.165, 1.54) is 31.9 Å². The monoisotopic (exact) mass is 398 g/mol. The van der Waals surface area contributed by atoms with E-state index in [9.17, 15) is 13.2 Å². The second kappa shape index (κ2) is 8.23. The maximum absolute atomic E-state index is 12.4. The zero-order chi connectivity index (χ0) is 18.6. The molecular weight excluding hydrogens is 380 g/mol. The van der Waals surface area contributed by atoms with Crippen LogP contribution in [0.5, 0.6) is 0 Å². The maximum Gasteiger partial charge on any atom is 0.253 e. The first kappa shape index (κ1) is 19.8. The Bertz CT molecular complexity index is 883. The molecule has 0 aliphatic heterocycles. The first-order chi connectivity index (χ1) is 11.8. The maximum atomic E-state index is 12.4. The van der Waals surface area contributed by atoms with Crippen LogP contribution in [0, 0.1) is 0 Å². The van der Waals surface area contributed by atoms with Crippen molar-refractivity contribution in [3.8, 4) is 0 Å². The highest BCUT2D eigenvalue weighted by molar-refractivity contribution is 7.98. The van der Waals surface area contributed by atoms with Gasteiger partial charge in [0.25, 0.3) is 5.91 Å². The number of thioether (sulfide) groups is 1. The van der Waals surface area contributed by atoms with Gasteiger partial charge in [-0.1, -0.05) is 29.8 Å². The molecule has 25 heavy (non-hydrogen) atoms. The molecule has 0 unspecified atom stereocenters. The van der Waals surface area contributed by atoms with E-state index in [-0.39, 0.29) is 17.3 Å². The second-order valence-corrected chi connectivity index (χ2v) is 8.83. The van der Waals surface area contributed by atoms with E-state index >= 15 is 0 Å². The molecule has 8 heteroatoms. The van der Waals surface area contributed by atoms with Gasteiger partial charge in [0, 0.05) is 25.5 Å². The van der Waals surface area contributed by atoms with Crippen molar-refractivity contribution in [2.24, 2.45) is 0 Å². The molecule has 0 bridgehead atoms. The molecule has 0 saturated carbocycles. The molecule has 1 amide bonds. The normalized spacial score (nSPS) is 11.6. The molecule has 0 aliphatic rings. The summed E-state index contributed by atoms with van der Waals surface area (Å²) in [5.74, 6) is -0.349. The molecule has 134 valence electrons. The van der Waals surface area contributed by atoms with Gasteiger partial charge in [0.1, 0.15) is 0 Å². The molecule has 2 aromatic rings. The molecule has 0 atom stereocenters. The van der Waals surface area contributed by atoms with Crippen LogP contribution in [0.3, 0.4) is 0 Å². The minimum atomic E-state index is -3.59. The minimum absolute atomic E-state index is 0.0852. The van der Waals surface area contributed by atoms with Gasteiger partial charge in [-0.25, -0.2) is 12.7 Å². The van der Waals surface area contributed by atoms with E-state index < -0.39 is 10.0 Å². The molecule has 2 aromatic carbocycles. The van der Waals surface area contributed by atoms with Crippen molar-refractivity contribution in [1.82, 2.24) is 9.62 Å². The van der Waals surface area contributed by atoms with Gasteiger partial charge in [0.15, 0.2) is 0 Å². The molecule has 1 N–H and O–H groups in total. The summed E-state index contributed by atoms with van der Waals surface area (Å²) in [7, 11) is -0.645. The molecule has 0 heterocycles. The van der Waals surface area contributed by atoms with Gasteiger partial charge in [-0.15, -0.1) is 11.8 Å². The Balaban J connectivity index is 2.24. The van der Waals surface area contributed by atoms with Gasteiger partial charge in [0.05, 0.1) is 15.5 Å². The van der Waals surface area contributed by atoms with Crippen LogP contribution in [0.2, 0.25) is 5.02 Å². The molecule has 0 saturated heterocycles. The lowest BCUT2D eigenvalue weighted by Crippen LogP contribution is -2.27. The van der Waals surface area contributed by atoms with Gasteiger partial charge < -0.3 is 5.32 Å². The van der Waals surface area contributed by atoms with Crippen LogP contribution >= 0.6 is 23.4 Å². The molecule has 5 nitrogen and oxygen atoms in total. The summed E-state index contributed by atoms with van der Waals surface area (Å²) in [5.41, 5.74) is 0.878. The van der Waals surface area contributed by atoms with Gasteiger partial charge >= 0.3 is 0 Å². The van der Waals surface area contributed by atoms with Crippen LogP contribution in [0.4, 0.5) is 0 Å². The number of halogens is 1. The predicted octanol–water partition coefficient (Wildman–Crippen LogP) is 3.24. The number of rotatable bonds is 6. The number of nitrogens with one attached hydrogen (secondary N) is 1. The summed E-state index contributed by atoms with van der Waals surface area (Å²) in [4.78, 5) is 13.5. The van der Waals surface area contributed by atoms with Crippen molar-refractivity contribution in [1.29, 1.82) is 0 Å². The van der Waals surface area contributed by atoms with E-state index in [2.05, 4.69) is 5.32 Å². The van der Waals surface area contributed by atoms with E-state index in [1.54, 1.807) is 30.3 Å². The fourth-order valence-electron chi connectivity index (χ4n) is 2.17. The third-order valence-corrected chi connectivity index (χ3v) is 6.56. The average molecular weight is 399 g/mol. The number of nitrogens with zero attached hydrogens (tertiary/aromatic N) is 1.